The second kappa shape index (κ2) is 9.07. The minimum atomic E-state index is 0.0523. The summed E-state index contributed by atoms with van der Waals surface area (Å²) < 4.78 is 0. The van der Waals surface area contributed by atoms with Gasteiger partial charge in [0.1, 0.15) is 0 Å². The van der Waals surface area contributed by atoms with Gasteiger partial charge in [-0.05, 0) is 24.2 Å². The predicted octanol–water partition coefficient (Wildman–Crippen LogP) is 1.46. The van der Waals surface area contributed by atoms with E-state index in [1.807, 2.05) is 18.2 Å². The maximum atomic E-state index is 11.3. The molecule has 0 heterocycles. The van der Waals surface area contributed by atoms with Crippen LogP contribution in [-0.2, 0) is 11.2 Å². The molecule has 1 aromatic carbocycles. The van der Waals surface area contributed by atoms with Gasteiger partial charge < -0.3 is 10.4 Å². The smallest absolute Gasteiger partial charge is 0.229 e. The minimum Gasteiger partial charge on any atom is -0.396 e. The first kappa shape index (κ1) is 14.1. The van der Waals surface area contributed by atoms with Gasteiger partial charge in [-0.3, -0.25) is 4.79 Å². The van der Waals surface area contributed by atoms with E-state index >= 15 is 0 Å². The molecule has 1 amide bonds. The molecular formula is C13H19NO2S. The van der Waals surface area contributed by atoms with Gasteiger partial charge in [0, 0.05) is 13.2 Å². The van der Waals surface area contributed by atoms with E-state index in [4.69, 9.17) is 5.11 Å². The summed E-state index contributed by atoms with van der Waals surface area (Å²) in [5.74, 6) is 1.51. The van der Waals surface area contributed by atoms with Crippen molar-refractivity contribution in [3.63, 3.8) is 0 Å². The lowest BCUT2D eigenvalue weighted by Crippen LogP contribution is -2.26. The molecule has 0 fully saturated rings. The van der Waals surface area contributed by atoms with Crippen LogP contribution in [0.1, 0.15) is 12.0 Å². The lowest BCUT2D eigenvalue weighted by atomic mass is 10.2. The third-order valence-electron chi connectivity index (χ3n) is 2.27. The number of hydrogen-bond donors (Lipinski definition) is 2. The van der Waals surface area contributed by atoms with Crippen molar-refractivity contribution >= 4 is 17.7 Å². The molecule has 0 atom stereocenters. The number of aryl methyl sites for hydroxylation is 1. The van der Waals surface area contributed by atoms with Crippen LogP contribution in [0, 0.1) is 0 Å². The van der Waals surface area contributed by atoms with Gasteiger partial charge in [0.05, 0.1) is 5.75 Å². The Kier molecular flexibility index (Phi) is 7.51. The van der Waals surface area contributed by atoms with Gasteiger partial charge in [-0.1, -0.05) is 30.3 Å². The highest BCUT2D eigenvalue weighted by atomic mass is 32.2. The average Bonchev–Trinajstić information content (AvgIpc) is 2.36. The molecule has 0 aliphatic carbocycles. The number of aliphatic hydroxyl groups is 1. The monoisotopic (exact) mass is 253 g/mol. The Morgan fingerprint density at radius 3 is 2.76 bits per heavy atom. The van der Waals surface area contributed by atoms with Crippen LogP contribution in [0.15, 0.2) is 30.3 Å². The van der Waals surface area contributed by atoms with Crippen molar-refractivity contribution in [3.05, 3.63) is 35.9 Å². The van der Waals surface area contributed by atoms with Gasteiger partial charge in [-0.2, -0.15) is 11.8 Å². The zero-order chi connectivity index (χ0) is 12.3. The SMILES string of the molecule is O=C(CSCCc1ccccc1)NCCCO. The first-order valence-corrected chi connectivity index (χ1v) is 6.97. The maximum absolute atomic E-state index is 11.3. The van der Waals surface area contributed by atoms with Crippen molar-refractivity contribution in [1.29, 1.82) is 0 Å². The molecule has 0 bridgehead atoms. The molecule has 4 heteroatoms. The lowest BCUT2D eigenvalue weighted by Gasteiger charge is -2.04. The molecule has 0 radical (unpaired) electrons. The van der Waals surface area contributed by atoms with E-state index in [1.54, 1.807) is 11.8 Å². The number of aliphatic hydroxyl groups excluding tert-OH is 1. The van der Waals surface area contributed by atoms with Crippen LogP contribution in [0.4, 0.5) is 0 Å². The van der Waals surface area contributed by atoms with E-state index in [-0.39, 0.29) is 12.5 Å². The number of rotatable bonds is 8. The molecule has 2 N–H and O–H groups in total. The standard InChI is InChI=1S/C13H19NO2S/c15-9-4-8-14-13(16)11-17-10-7-12-5-2-1-3-6-12/h1-3,5-6,15H,4,7-11H2,(H,14,16). The third kappa shape index (κ3) is 7.02. The minimum absolute atomic E-state index is 0.0523. The van der Waals surface area contributed by atoms with Crippen LogP contribution < -0.4 is 5.32 Å². The van der Waals surface area contributed by atoms with Crippen molar-refractivity contribution in [2.24, 2.45) is 0 Å². The third-order valence-corrected chi connectivity index (χ3v) is 3.23. The second-order valence-electron chi connectivity index (χ2n) is 3.72. The molecule has 0 aliphatic rings. The second-order valence-corrected chi connectivity index (χ2v) is 4.82. The molecular weight excluding hydrogens is 234 g/mol. The molecule has 94 valence electrons. The summed E-state index contributed by atoms with van der Waals surface area (Å²) in [6.45, 7) is 0.690. The molecule has 0 aliphatic heterocycles. The van der Waals surface area contributed by atoms with Crippen LogP contribution >= 0.6 is 11.8 Å². The van der Waals surface area contributed by atoms with E-state index in [0.29, 0.717) is 18.7 Å². The van der Waals surface area contributed by atoms with Crippen LogP contribution in [0.25, 0.3) is 0 Å². The first-order valence-electron chi connectivity index (χ1n) is 5.82. The summed E-state index contributed by atoms with van der Waals surface area (Å²) in [6, 6.07) is 10.3. The number of carbonyl (C=O) groups is 1. The highest BCUT2D eigenvalue weighted by Crippen LogP contribution is 2.06. The summed E-state index contributed by atoms with van der Waals surface area (Å²) >= 11 is 1.64. The van der Waals surface area contributed by atoms with Crippen LogP contribution in [0.3, 0.4) is 0 Å². The highest BCUT2D eigenvalue weighted by Gasteiger charge is 2.00. The summed E-state index contributed by atoms with van der Waals surface area (Å²) in [4.78, 5) is 11.3. The van der Waals surface area contributed by atoms with Crippen LogP contribution in [-0.4, -0.2) is 35.7 Å². The first-order chi connectivity index (χ1) is 8.33. The number of nitrogens with one attached hydrogen (secondary N) is 1. The van der Waals surface area contributed by atoms with Crippen LogP contribution in [0.5, 0.6) is 0 Å². The van der Waals surface area contributed by atoms with E-state index < -0.39 is 0 Å². The fourth-order valence-electron chi connectivity index (χ4n) is 1.36. The van der Waals surface area contributed by atoms with Gasteiger partial charge in [-0.25, -0.2) is 0 Å². The van der Waals surface area contributed by atoms with Gasteiger partial charge in [0.2, 0.25) is 5.91 Å². The predicted molar refractivity (Wildman–Crippen MR) is 72.2 cm³/mol. The Labute approximate surface area is 107 Å². The van der Waals surface area contributed by atoms with E-state index in [9.17, 15) is 4.79 Å². The number of thioether (sulfide) groups is 1. The molecule has 0 saturated heterocycles. The number of carbonyl (C=O) groups excluding carboxylic acids is 1. The molecule has 0 saturated carbocycles. The lowest BCUT2D eigenvalue weighted by molar-refractivity contribution is -0.118. The fourth-order valence-corrected chi connectivity index (χ4v) is 2.17. The zero-order valence-electron chi connectivity index (χ0n) is 9.89. The fraction of sp³-hybridized carbons (Fsp3) is 0.462. The summed E-state index contributed by atoms with van der Waals surface area (Å²) in [6.07, 6.45) is 1.62. The van der Waals surface area contributed by atoms with Crippen molar-refractivity contribution in [2.45, 2.75) is 12.8 Å². The molecule has 0 spiro atoms. The average molecular weight is 253 g/mol. The Bertz CT molecular complexity index is 316. The Balaban J connectivity index is 2.02. The van der Waals surface area contributed by atoms with E-state index in [1.165, 1.54) is 5.56 Å². The quantitative estimate of drug-likeness (QED) is 0.690. The molecule has 17 heavy (non-hydrogen) atoms. The molecule has 0 unspecified atom stereocenters. The summed E-state index contributed by atoms with van der Waals surface area (Å²) in [5.41, 5.74) is 1.31. The van der Waals surface area contributed by atoms with Crippen LogP contribution in [0.2, 0.25) is 0 Å². The normalized spacial score (nSPS) is 10.2. The largest absolute Gasteiger partial charge is 0.396 e. The Morgan fingerprint density at radius 1 is 1.29 bits per heavy atom. The van der Waals surface area contributed by atoms with Crippen molar-refractivity contribution in [3.8, 4) is 0 Å². The van der Waals surface area contributed by atoms with E-state index in [2.05, 4.69) is 17.4 Å². The summed E-state index contributed by atoms with van der Waals surface area (Å²) in [7, 11) is 0. The molecule has 0 aromatic heterocycles. The van der Waals surface area contributed by atoms with Gasteiger partial charge >= 0.3 is 0 Å². The molecule has 1 rings (SSSR count). The van der Waals surface area contributed by atoms with Gasteiger partial charge in [0.15, 0.2) is 0 Å². The zero-order valence-corrected chi connectivity index (χ0v) is 10.7. The van der Waals surface area contributed by atoms with Crippen molar-refractivity contribution in [2.75, 3.05) is 24.7 Å². The van der Waals surface area contributed by atoms with Gasteiger partial charge in [-0.15, -0.1) is 0 Å². The van der Waals surface area contributed by atoms with Crippen molar-refractivity contribution in [1.82, 2.24) is 5.32 Å². The molecule has 3 nitrogen and oxygen atoms in total. The van der Waals surface area contributed by atoms with E-state index in [0.717, 1.165) is 12.2 Å². The Morgan fingerprint density at radius 2 is 2.06 bits per heavy atom. The van der Waals surface area contributed by atoms with Gasteiger partial charge in [0.25, 0.3) is 0 Å². The number of hydrogen-bond acceptors (Lipinski definition) is 3. The van der Waals surface area contributed by atoms with Crippen molar-refractivity contribution < 1.29 is 9.90 Å². The topological polar surface area (TPSA) is 49.3 Å². The maximum Gasteiger partial charge on any atom is 0.229 e. The Hall–Kier alpha value is -1.00. The number of amides is 1. The number of benzene rings is 1. The molecule has 1 aromatic rings. The summed E-state index contributed by atoms with van der Waals surface area (Å²) in [5, 5.41) is 11.3. The highest BCUT2D eigenvalue weighted by molar-refractivity contribution is 7.99.